The molecule has 0 aliphatic heterocycles. The van der Waals surface area contributed by atoms with Gasteiger partial charge in [0.1, 0.15) is 0 Å². The second-order valence-corrected chi connectivity index (χ2v) is 6.34. The molecule has 0 saturated heterocycles. The summed E-state index contributed by atoms with van der Waals surface area (Å²) in [6.45, 7) is 7.92. The Hall–Kier alpha value is -0.130. The third-order valence-electron chi connectivity index (χ3n) is 2.04. The van der Waals surface area contributed by atoms with Gasteiger partial charge in [-0.05, 0) is 32.2 Å². The lowest BCUT2D eigenvalue weighted by Gasteiger charge is -2.15. The molecule has 15 heavy (non-hydrogen) atoms. The SMILES string of the molecule is CC(C)CC(C)NCCCNS(C)(=O)=O. The summed E-state index contributed by atoms with van der Waals surface area (Å²) >= 11 is 0. The van der Waals surface area contributed by atoms with Gasteiger partial charge >= 0.3 is 0 Å². The van der Waals surface area contributed by atoms with E-state index in [2.05, 4.69) is 30.8 Å². The van der Waals surface area contributed by atoms with E-state index in [9.17, 15) is 8.42 Å². The van der Waals surface area contributed by atoms with Crippen molar-refractivity contribution in [2.45, 2.75) is 39.7 Å². The molecule has 0 aromatic heterocycles. The molecule has 0 aliphatic rings. The van der Waals surface area contributed by atoms with Crippen molar-refractivity contribution in [1.82, 2.24) is 10.0 Å². The summed E-state index contributed by atoms with van der Waals surface area (Å²) in [7, 11) is -3.02. The van der Waals surface area contributed by atoms with Crippen LogP contribution in [-0.4, -0.2) is 33.8 Å². The van der Waals surface area contributed by atoms with Crippen LogP contribution in [0.2, 0.25) is 0 Å². The number of hydrogen-bond acceptors (Lipinski definition) is 3. The average Bonchev–Trinajstić information content (AvgIpc) is 1.99. The summed E-state index contributed by atoms with van der Waals surface area (Å²) in [5.74, 6) is 0.696. The van der Waals surface area contributed by atoms with Crippen LogP contribution in [0.25, 0.3) is 0 Å². The molecule has 0 radical (unpaired) electrons. The van der Waals surface area contributed by atoms with E-state index < -0.39 is 10.0 Å². The Morgan fingerprint density at radius 1 is 1.13 bits per heavy atom. The molecule has 0 aromatic carbocycles. The lowest BCUT2D eigenvalue weighted by atomic mass is 10.1. The Bertz CT molecular complexity index is 250. The molecular formula is C10H24N2O2S. The summed E-state index contributed by atoms with van der Waals surface area (Å²) in [6.07, 6.45) is 3.16. The van der Waals surface area contributed by atoms with Crippen LogP contribution < -0.4 is 10.0 Å². The highest BCUT2D eigenvalue weighted by atomic mass is 32.2. The fraction of sp³-hybridized carbons (Fsp3) is 1.00. The van der Waals surface area contributed by atoms with Gasteiger partial charge < -0.3 is 5.32 Å². The second kappa shape index (κ2) is 7.19. The number of rotatable bonds is 8. The molecule has 0 heterocycles. The maximum absolute atomic E-state index is 10.7. The van der Waals surface area contributed by atoms with Gasteiger partial charge in [0.15, 0.2) is 0 Å². The zero-order valence-electron chi connectivity index (χ0n) is 10.2. The zero-order chi connectivity index (χ0) is 11.9. The van der Waals surface area contributed by atoms with E-state index in [1.54, 1.807) is 0 Å². The first kappa shape index (κ1) is 14.9. The van der Waals surface area contributed by atoms with Crippen LogP contribution in [-0.2, 0) is 10.0 Å². The van der Waals surface area contributed by atoms with Crippen molar-refractivity contribution < 1.29 is 8.42 Å². The van der Waals surface area contributed by atoms with E-state index in [1.165, 1.54) is 6.26 Å². The van der Waals surface area contributed by atoms with Crippen LogP contribution in [0.1, 0.15) is 33.6 Å². The molecule has 0 aromatic rings. The molecule has 92 valence electrons. The molecule has 0 spiro atoms. The van der Waals surface area contributed by atoms with Crippen LogP contribution in [0, 0.1) is 5.92 Å². The minimum Gasteiger partial charge on any atom is -0.314 e. The fourth-order valence-electron chi connectivity index (χ4n) is 1.48. The summed E-state index contributed by atoms with van der Waals surface area (Å²) in [6, 6.07) is 0.503. The fourth-order valence-corrected chi connectivity index (χ4v) is 2.00. The summed E-state index contributed by atoms with van der Waals surface area (Å²) in [5.41, 5.74) is 0. The first-order valence-electron chi connectivity index (χ1n) is 5.49. The average molecular weight is 236 g/mol. The Morgan fingerprint density at radius 2 is 1.73 bits per heavy atom. The highest BCUT2D eigenvalue weighted by Crippen LogP contribution is 2.03. The van der Waals surface area contributed by atoms with Crippen molar-refractivity contribution in [3.63, 3.8) is 0 Å². The summed E-state index contributed by atoms with van der Waals surface area (Å²) in [4.78, 5) is 0. The van der Waals surface area contributed by atoms with E-state index >= 15 is 0 Å². The Balaban J connectivity index is 3.39. The van der Waals surface area contributed by atoms with Gasteiger partial charge in [-0.15, -0.1) is 0 Å². The molecule has 0 fully saturated rings. The van der Waals surface area contributed by atoms with Crippen molar-refractivity contribution in [2.75, 3.05) is 19.3 Å². The molecule has 0 rings (SSSR count). The minimum atomic E-state index is -3.02. The van der Waals surface area contributed by atoms with Gasteiger partial charge in [0.05, 0.1) is 6.26 Å². The highest BCUT2D eigenvalue weighted by Gasteiger charge is 2.04. The van der Waals surface area contributed by atoms with E-state index in [0.29, 0.717) is 18.5 Å². The lowest BCUT2D eigenvalue weighted by Crippen LogP contribution is -2.31. The van der Waals surface area contributed by atoms with E-state index in [0.717, 1.165) is 19.4 Å². The first-order valence-corrected chi connectivity index (χ1v) is 7.38. The quantitative estimate of drug-likeness (QED) is 0.617. The van der Waals surface area contributed by atoms with Crippen molar-refractivity contribution in [2.24, 2.45) is 5.92 Å². The Kier molecular flexibility index (Phi) is 7.13. The van der Waals surface area contributed by atoms with E-state index in [-0.39, 0.29) is 0 Å². The molecular weight excluding hydrogens is 212 g/mol. The van der Waals surface area contributed by atoms with Crippen molar-refractivity contribution in [3.05, 3.63) is 0 Å². The topological polar surface area (TPSA) is 58.2 Å². The number of hydrogen-bond donors (Lipinski definition) is 2. The molecule has 1 atom stereocenters. The first-order chi connectivity index (χ1) is 6.81. The van der Waals surface area contributed by atoms with E-state index in [1.807, 2.05) is 0 Å². The number of sulfonamides is 1. The van der Waals surface area contributed by atoms with Gasteiger partial charge in [0, 0.05) is 12.6 Å². The maximum atomic E-state index is 10.7. The maximum Gasteiger partial charge on any atom is 0.208 e. The minimum absolute atomic E-state index is 0.503. The van der Waals surface area contributed by atoms with Crippen LogP contribution in [0.5, 0.6) is 0 Å². The van der Waals surface area contributed by atoms with Gasteiger partial charge in [-0.25, -0.2) is 13.1 Å². The predicted molar refractivity (Wildman–Crippen MR) is 64.4 cm³/mol. The third kappa shape index (κ3) is 11.8. The summed E-state index contributed by atoms with van der Waals surface area (Å²) in [5, 5.41) is 3.37. The molecule has 4 nitrogen and oxygen atoms in total. The smallest absolute Gasteiger partial charge is 0.208 e. The number of nitrogens with one attached hydrogen (secondary N) is 2. The zero-order valence-corrected chi connectivity index (χ0v) is 11.0. The van der Waals surface area contributed by atoms with Gasteiger partial charge in [0.2, 0.25) is 10.0 Å². The van der Waals surface area contributed by atoms with Crippen LogP contribution in [0.15, 0.2) is 0 Å². The Labute approximate surface area is 93.9 Å². The van der Waals surface area contributed by atoms with Crippen molar-refractivity contribution >= 4 is 10.0 Å². The second-order valence-electron chi connectivity index (χ2n) is 4.50. The lowest BCUT2D eigenvalue weighted by molar-refractivity contribution is 0.439. The van der Waals surface area contributed by atoms with Crippen LogP contribution in [0.4, 0.5) is 0 Å². The highest BCUT2D eigenvalue weighted by molar-refractivity contribution is 7.88. The molecule has 5 heteroatoms. The van der Waals surface area contributed by atoms with Crippen LogP contribution >= 0.6 is 0 Å². The van der Waals surface area contributed by atoms with Gasteiger partial charge in [-0.2, -0.15) is 0 Å². The normalized spacial score (nSPS) is 14.5. The summed E-state index contributed by atoms with van der Waals surface area (Å²) < 4.78 is 24.0. The van der Waals surface area contributed by atoms with Gasteiger partial charge in [-0.1, -0.05) is 13.8 Å². The Morgan fingerprint density at radius 3 is 2.20 bits per heavy atom. The standard InChI is InChI=1S/C10H24N2O2S/c1-9(2)8-10(3)11-6-5-7-12-15(4,13)14/h9-12H,5-8H2,1-4H3. The largest absolute Gasteiger partial charge is 0.314 e. The molecule has 2 N–H and O–H groups in total. The van der Waals surface area contributed by atoms with Crippen molar-refractivity contribution in [1.29, 1.82) is 0 Å². The van der Waals surface area contributed by atoms with Gasteiger partial charge in [0.25, 0.3) is 0 Å². The predicted octanol–water partition coefficient (Wildman–Crippen LogP) is 0.950. The molecule has 0 saturated carbocycles. The molecule has 0 aliphatic carbocycles. The van der Waals surface area contributed by atoms with Crippen molar-refractivity contribution in [3.8, 4) is 0 Å². The third-order valence-corrected chi connectivity index (χ3v) is 2.76. The molecule has 0 bridgehead atoms. The van der Waals surface area contributed by atoms with Crippen LogP contribution in [0.3, 0.4) is 0 Å². The van der Waals surface area contributed by atoms with E-state index in [4.69, 9.17) is 0 Å². The molecule has 0 amide bonds. The van der Waals surface area contributed by atoms with Gasteiger partial charge in [-0.3, -0.25) is 0 Å². The molecule has 1 unspecified atom stereocenters. The monoisotopic (exact) mass is 236 g/mol.